The van der Waals surface area contributed by atoms with Gasteiger partial charge in [0.05, 0.1) is 0 Å². The van der Waals surface area contributed by atoms with Gasteiger partial charge in [0.15, 0.2) is 0 Å². The fraction of sp³-hybridized carbons (Fsp3) is 0.625. The largest absolute Gasteiger partial charge is 0.383 e. The maximum Gasteiger partial charge on any atom is 0.0373 e. The van der Waals surface area contributed by atoms with Crippen LogP contribution in [-0.2, 0) is 0 Å². The van der Waals surface area contributed by atoms with E-state index in [9.17, 15) is 0 Å². The van der Waals surface area contributed by atoms with Crippen molar-refractivity contribution in [2.75, 3.05) is 38.5 Å². The molecule has 0 bridgehead atoms. The Morgan fingerprint density at radius 3 is 2.89 bits per heavy atom. The van der Waals surface area contributed by atoms with E-state index in [0.29, 0.717) is 12.0 Å². The van der Waals surface area contributed by atoms with Gasteiger partial charge in [-0.1, -0.05) is 26.0 Å². The summed E-state index contributed by atoms with van der Waals surface area (Å²) < 4.78 is 0. The summed E-state index contributed by atoms with van der Waals surface area (Å²) in [6.45, 7) is 11.0. The average molecular weight is 261 g/mol. The second-order valence-corrected chi connectivity index (χ2v) is 6.02. The molecular weight excluding hydrogens is 234 g/mol. The molecule has 1 atom stereocenters. The van der Waals surface area contributed by atoms with Crippen LogP contribution >= 0.6 is 0 Å². The first-order valence-corrected chi connectivity index (χ1v) is 7.32. The fourth-order valence-corrected chi connectivity index (χ4v) is 2.55. The molecule has 106 valence electrons. The Bertz CT molecular complexity index is 414. The summed E-state index contributed by atoms with van der Waals surface area (Å²) in [5, 5.41) is 7.18. The van der Waals surface area contributed by atoms with Crippen molar-refractivity contribution in [2.24, 2.45) is 0 Å². The minimum absolute atomic E-state index is 0.542. The molecule has 1 fully saturated rings. The van der Waals surface area contributed by atoms with E-state index in [1.54, 1.807) is 0 Å². The Kier molecular flexibility index (Phi) is 4.83. The Morgan fingerprint density at radius 2 is 2.21 bits per heavy atom. The molecule has 0 saturated carbocycles. The molecule has 0 radical (unpaired) electrons. The lowest BCUT2D eigenvalue weighted by atomic mass is 10.0. The molecule has 2 rings (SSSR count). The Balaban J connectivity index is 1.96. The zero-order valence-electron chi connectivity index (χ0n) is 12.7. The summed E-state index contributed by atoms with van der Waals surface area (Å²) in [6, 6.07) is 7.29. The van der Waals surface area contributed by atoms with Crippen molar-refractivity contribution in [3.8, 4) is 0 Å². The third-order valence-corrected chi connectivity index (χ3v) is 3.93. The molecule has 1 aromatic rings. The van der Waals surface area contributed by atoms with Gasteiger partial charge in [-0.15, -0.1) is 0 Å². The standard InChI is InChI=1S/C16H27N3/c1-12(2)14-6-5-13(3)16(9-14)18-10-15-11-19(4)8-7-17-15/h5-6,9,12,15,17-18H,7-8,10-11H2,1-4H3. The van der Waals surface area contributed by atoms with Gasteiger partial charge in [0.2, 0.25) is 0 Å². The van der Waals surface area contributed by atoms with E-state index in [4.69, 9.17) is 0 Å². The average Bonchev–Trinajstić information content (AvgIpc) is 2.37. The van der Waals surface area contributed by atoms with Crippen LogP contribution in [0.1, 0.15) is 30.9 Å². The van der Waals surface area contributed by atoms with Crippen molar-refractivity contribution in [1.29, 1.82) is 0 Å². The number of nitrogens with one attached hydrogen (secondary N) is 2. The number of hydrogen-bond donors (Lipinski definition) is 2. The zero-order valence-corrected chi connectivity index (χ0v) is 12.7. The topological polar surface area (TPSA) is 27.3 Å². The number of nitrogens with zero attached hydrogens (tertiary/aromatic N) is 1. The molecule has 1 aliphatic rings. The minimum Gasteiger partial charge on any atom is -0.383 e. The molecular formula is C16H27N3. The van der Waals surface area contributed by atoms with E-state index >= 15 is 0 Å². The van der Waals surface area contributed by atoms with Crippen LogP contribution in [0.25, 0.3) is 0 Å². The van der Waals surface area contributed by atoms with E-state index in [1.165, 1.54) is 16.8 Å². The SMILES string of the molecule is Cc1ccc(C(C)C)cc1NCC1CN(C)CCN1. The van der Waals surface area contributed by atoms with Crippen LogP contribution in [0.4, 0.5) is 5.69 Å². The van der Waals surface area contributed by atoms with Crippen molar-refractivity contribution < 1.29 is 0 Å². The monoisotopic (exact) mass is 261 g/mol. The number of rotatable bonds is 4. The Hall–Kier alpha value is -1.06. The molecule has 0 aliphatic carbocycles. The van der Waals surface area contributed by atoms with Gasteiger partial charge in [-0.3, -0.25) is 0 Å². The van der Waals surface area contributed by atoms with Crippen LogP contribution in [0.2, 0.25) is 0 Å². The maximum absolute atomic E-state index is 3.61. The van der Waals surface area contributed by atoms with Crippen molar-refractivity contribution in [1.82, 2.24) is 10.2 Å². The van der Waals surface area contributed by atoms with Gasteiger partial charge in [-0.05, 0) is 37.1 Å². The van der Waals surface area contributed by atoms with Gasteiger partial charge in [0.1, 0.15) is 0 Å². The molecule has 19 heavy (non-hydrogen) atoms. The van der Waals surface area contributed by atoms with E-state index in [0.717, 1.165) is 26.2 Å². The normalized spacial score (nSPS) is 20.8. The molecule has 3 heteroatoms. The maximum atomic E-state index is 3.61. The number of likely N-dealkylation sites (N-methyl/N-ethyl adjacent to an activating group) is 1. The summed E-state index contributed by atoms with van der Waals surface area (Å²) in [5.74, 6) is 0.583. The fourth-order valence-electron chi connectivity index (χ4n) is 2.55. The zero-order chi connectivity index (χ0) is 13.8. The van der Waals surface area contributed by atoms with Gasteiger partial charge in [0, 0.05) is 37.9 Å². The second kappa shape index (κ2) is 6.40. The Morgan fingerprint density at radius 1 is 1.42 bits per heavy atom. The van der Waals surface area contributed by atoms with E-state index in [-0.39, 0.29) is 0 Å². The van der Waals surface area contributed by atoms with Crippen LogP contribution < -0.4 is 10.6 Å². The van der Waals surface area contributed by atoms with Crippen LogP contribution in [-0.4, -0.2) is 44.2 Å². The first-order chi connectivity index (χ1) is 9.06. The lowest BCUT2D eigenvalue weighted by Crippen LogP contribution is -2.51. The van der Waals surface area contributed by atoms with Gasteiger partial charge in [-0.2, -0.15) is 0 Å². The lowest BCUT2D eigenvalue weighted by molar-refractivity contribution is 0.244. The number of anilines is 1. The first kappa shape index (κ1) is 14.4. The third kappa shape index (κ3) is 3.95. The summed E-state index contributed by atoms with van der Waals surface area (Å²) in [7, 11) is 2.19. The molecule has 2 N–H and O–H groups in total. The number of aryl methyl sites for hydroxylation is 1. The van der Waals surface area contributed by atoms with Crippen molar-refractivity contribution in [3.63, 3.8) is 0 Å². The van der Waals surface area contributed by atoms with Crippen molar-refractivity contribution >= 4 is 5.69 Å². The first-order valence-electron chi connectivity index (χ1n) is 7.32. The summed E-state index contributed by atoms with van der Waals surface area (Å²) in [4.78, 5) is 2.39. The van der Waals surface area contributed by atoms with E-state index < -0.39 is 0 Å². The van der Waals surface area contributed by atoms with Gasteiger partial charge in [-0.25, -0.2) is 0 Å². The van der Waals surface area contributed by atoms with E-state index in [2.05, 4.69) is 61.6 Å². The summed E-state index contributed by atoms with van der Waals surface area (Å²) >= 11 is 0. The van der Waals surface area contributed by atoms with Crippen LogP contribution in [0.3, 0.4) is 0 Å². The molecule has 0 amide bonds. The number of benzene rings is 1. The van der Waals surface area contributed by atoms with Crippen LogP contribution in [0, 0.1) is 6.92 Å². The predicted molar refractivity (Wildman–Crippen MR) is 83.0 cm³/mol. The lowest BCUT2D eigenvalue weighted by Gasteiger charge is -2.31. The molecule has 1 heterocycles. The Labute approximate surface area is 117 Å². The second-order valence-electron chi connectivity index (χ2n) is 6.02. The van der Waals surface area contributed by atoms with Gasteiger partial charge in [0.25, 0.3) is 0 Å². The predicted octanol–water partition coefficient (Wildman–Crippen LogP) is 2.43. The molecule has 1 aliphatic heterocycles. The molecule has 1 unspecified atom stereocenters. The third-order valence-electron chi connectivity index (χ3n) is 3.93. The highest BCUT2D eigenvalue weighted by molar-refractivity contribution is 5.53. The van der Waals surface area contributed by atoms with Crippen molar-refractivity contribution in [3.05, 3.63) is 29.3 Å². The molecule has 0 spiro atoms. The summed E-state index contributed by atoms with van der Waals surface area (Å²) in [5.41, 5.74) is 4.01. The minimum atomic E-state index is 0.542. The summed E-state index contributed by atoms with van der Waals surface area (Å²) in [6.07, 6.45) is 0. The van der Waals surface area contributed by atoms with Crippen LogP contribution in [0.15, 0.2) is 18.2 Å². The molecule has 1 aromatic carbocycles. The van der Waals surface area contributed by atoms with Gasteiger partial charge >= 0.3 is 0 Å². The highest BCUT2D eigenvalue weighted by Crippen LogP contribution is 2.22. The smallest absolute Gasteiger partial charge is 0.0373 e. The number of piperazine rings is 1. The van der Waals surface area contributed by atoms with E-state index in [1.807, 2.05) is 0 Å². The van der Waals surface area contributed by atoms with Crippen molar-refractivity contribution in [2.45, 2.75) is 32.7 Å². The van der Waals surface area contributed by atoms with Crippen LogP contribution in [0.5, 0.6) is 0 Å². The van der Waals surface area contributed by atoms with Gasteiger partial charge < -0.3 is 15.5 Å². The number of hydrogen-bond acceptors (Lipinski definition) is 3. The molecule has 3 nitrogen and oxygen atoms in total. The highest BCUT2D eigenvalue weighted by Gasteiger charge is 2.16. The highest BCUT2D eigenvalue weighted by atomic mass is 15.2. The molecule has 0 aromatic heterocycles. The quantitative estimate of drug-likeness (QED) is 0.872. The molecule has 1 saturated heterocycles.